The number of likely N-dealkylation sites (N-methyl/N-ethyl adjacent to an activating group) is 1. The van der Waals surface area contributed by atoms with Crippen LogP contribution in [0.3, 0.4) is 0 Å². The smallest absolute Gasteiger partial charge is 0.409 e. The number of hydrogen-bond acceptors (Lipinski definition) is 3. The lowest BCUT2D eigenvalue weighted by Crippen LogP contribution is -2.36. The second-order valence-electron chi connectivity index (χ2n) is 4.77. The number of carbonyl (C=O) groups excluding carboxylic acids is 2. The van der Waals surface area contributed by atoms with Crippen molar-refractivity contribution >= 4 is 12.1 Å². The van der Waals surface area contributed by atoms with Gasteiger partial charge in [0, 0.05) is 26.6 Å². The molecule has 6 nitrogen and oxygen atoms in total. The third-order valence-electron chi connectivity index (χ3n) is 3.10. The first kappa shape index (κ1) is 14.2. The van der Waals surface area contributed by atoms with Crippen LogP contribution in [0.25, 0.3) is 0 Å². The molecule has 1 fully saturated rings. The van der Waals surface area contributed by atoms with Crippen LogP contribution in [0.1, 0.15) is 12.0 Å². The molecule has 0 radical (unpaired) electrons. The normalized spacial score (nSPS) is 17.8. The average molecular weight is 277 g/mol. The molecule has 1 aromatic carbocycles. The SMILES string of the molecule is CN1CC(CCNC(=O)NCc2ccccc2)OC1=O. The molecule has 1 aliphatic heterocycles. The van der Waals surface area contributed by atoms with E-state index in [1.807, 2.05) is 30.3 Å². The van der Waals surface area contributed by atoms with E-state index in [-0.39, 0.29) is 18.2 Å². The molecule has 2 rings (SSSR count). The van der Waals surface area contributed by atoms with Gasteiger partial charge in [-0.15, -0.1) is 0 Å². The fourth-order valence-electron chi connectivity index (χ4n) is 1.99. The Bertz CT molecular complexity index is 464. The standard InChI is InChI=1S/C14H19N3O3/c1-17-10-12(20-14(17)19)7-8-15-13(18)16-9-11-5-3-2-4-6-11/h2-6,12H,7-10H2,1H3,(H2,15,16,18). The Morgan fingerprint density at radius 2 is 2.10 bits per heavy atom. The average Bonchev–Trinajstić information content (AvgIpc) is 2.76. The summed E-state index contributed by atoms with van der Waals surface area (Å²) in [4.78, 5) is 24.3. The van der Waals surface area contributed by atoms with Gasteiger partial charge in [-0.25, -0.2) is 9.59 Å². The highest BCUT2D eigenvalue weighted by atomic mass is 16.6. The molecule has 0 bridgehead atoms. The molecule has 0 saturated carbocycles. The number of rotatable bonds is 5. The molecule has 1 atom stereocenters. The van der Waals surface area contributed by atoms with Gasteiger partial charge in [-0.1, -0.05) is 30.3 Å². The summed E-state index contributed by atoms with van der Waals surface area (Å²) in [5, 5.41) is 5.52. The minimum absolute atomic E-state index is 0.137. The Hall–Kier alpha value is -2.24. The molecule has 1 aliphatic rings. The Morgan fingerprint density at radius 1 is 1.35 bits per heavy atom. The van der Waals surface area contributed by atoms with Crippen molar-refractivity contribution in [3.8, 4) is 0 Å². The fourth-order valence-corrected chi connectivity index (χ4v) is 1.99. The van der Waals surface area contributed by atoms with Crippen molar-refractivity contribution in [2.24, 2.45) is 0 Å². The van der Waals surface area contributed by atoms with Gasteiger partial charge in [0.1, 0.15) is 6.10 Å². The molecular weight excluding hydrogens is 258 g/mol. The van der Waals surface area contributed by atoms with Gasteiger partial charge in [-0.05, 0) is 5.56 Å². The lowest BCUT2D eigenvalue weighted by molar-refractivity contribution is 0.131. The number of urea groups is 1. The fraction of sp³-hybridized carbons (Fsp3) is 0.429. The summed E-state index contributed by atoms with van der Waals surface area (Å²) in [6.07, 6.45) is 0.180. The van der Waals surface area contributed by atoms with Gasteiger partial charge in [-0.3, -0.25) is 0 Å². The van der Waals surface area contributed by atoms with Crippen molar-refractivity contribution < 1.29 is 14.3 Å². The van der Waals surface area contributed by atoms with Crippen LogP contribution in [-0.2, 0) is 11.3 Å². The van der Waals surface area contributed by atoms with Gasteiger partial charge < -0.3 is 20.3 Å². The Morgan fingerprint density at radius 3 is 2.75 bits per heavy atom. The molecule has 108 valence electrons. The second kappa shape index (κ2) is 6.79. The number of carbonyl (C=O) groups is 2. The van der Waals surface area contributed by atoms with E-state index in [2.05, 4.69) is 10.6 Å². The molecule has 1 saturated heterocycles. The van der Waals surface area contributed by atoms with Crippen molar-refractivity contribution in [2.75, 3.05) is 20.1 Å². The molecular formula is C14H19N3O3. The van der Waals surface area contributed by atoms with Crippen LogP contribution in [0.5, 0.6) is 0 Å². The largest absolute Gasteiger partial charge is 0.444 e. The summed E-state index contributed by atoms with van der Waals surface area (Å²) in [7, 11) is 1.70. The summed E-state index contributed by atoms with van der Waals surface area (Å²) in [5.74, 6) is 0. The number of amides is 3. The zero-order valence-corrected chi connectivity index (χ0v) is 11.5. The molecule has 6 heteroatoms. The van der Waals surface area contributed by atoms with E-state index in [9.17, 15) is 9.59 Å². The Balaban J connectivity index is 1.60. The quantitative estimate of drug-likeness (QED) is 0.853. The minimum Gasteiger partial charge on any atom is -0.444 e. The molecule has 1 aromatic rings. The highest BCUT2D eigenvalue weighted by Gasteiger charge is 2.27. The van der Waals surface area contributed by atoms with Gasteiger partial charge in [0.25, 0.3) is 0 Å². The summed E-state index contributed by atoms with van der Waals surface area (Å²) in [5.41, 5.74) is 1.05. The van der Waals surface area contributed by atoms with Crippen molar-refractivity contribution in [1.82, 2.24) is 15.5 Å². The van der Waals surface area contributed by atoms with Gasteiger partial charge in [0.05, 0.1) is 6.54 Å². The zero-order valence-electron chi connectivity index (χ0n) is 11.5. The van der Waals surface area contributed by atoms with Crippen LogP contribution in [0.4, 0.5) is 9.59 Å². The van der Waals surface area contributed by atoms with Crippen molar-refractivity contribution in [3.63, 3.8) is 0 Å². The lowest BCUT2D eigenvalue weighted by Gasteiger charge is -2.10. The molecule has 2 N–H and O–H groups in total. The minimum atomic E-state index is -0.302. The van der Waals surface area contributed by atoms with Gasteiger partial charge >= 0.3 is 12.1 Å². The summed E-state index contributed by atoms with van der Waals surface area (Å²) in [6.45, 7) is 1.55. The van der Waals surface area contributed by atoms with Gasteiger partial charge in [0.2, 0.25) is 0 Å². The monoisotopic (exact) mass is 277 g/mol. The number of hydrogen-bond donors (Lipinski definition) is 2. The number of nitrogens with one attached hydrogen (secondary N) is 2. The van der Waals surface area contributed by atoms with Crippen molar-refractivity contribution in [3.05, 3.63) is 35.9 Å². The highest BCUT2D eigenvalue weighted by molar-refractivity contribution is 5.73. The maximum absolute atomic E-state index is 11.6. The first-order valence-electron chi connectivity index (χ1n) is 6.62. The first-order valence-corrected chi connectivity index (χ1v) is 6.62. The molecule has 1 unspecified atom stereocenters. The second-order valence-corrected chi connectivity index (χ2v) is 4.77. The van der Waals surface area contributed by atoms with E-state index in [1.165, 1.54) is 4.90 Å². The van der Waals surface area contributed by atoms with Crippen molar-refractivity contribution in [2.45, 2.75) is 19.1 Å². The van der Waals surface area contributed by atoms with Crippen LogP contribution in [0.15, 0.2) is 30.3 Å². The highest BCUT2D eigenvalue weighted by Crippen LogP contribution is 2.10. The van der Waals surface area contributed by atoms with E-state index >= 15 is 0 Å². The van der Waals surface area contributed by atoms with Gasteiger partial charge in [-0.2, -0.15) is 0 Å². The van der Waals surface area contributed by atoms with Crippen LogP contribution in [0.2, 0.25) is 0 Å². The summed E-state index contributed by atoms with van der Waals surface area (Å²) >= 11 is 0. The Kier molecular flexibility index (Phi) is 4.81. The van der Waals surface area contributed by atoms with Crippen LogP contribution in [0, 0.1) is 0 Å². The third-order valence-corrected chi connectivity index (χ3v) is 3.10. The number of nitrogens with zero attached hydrogens (tertiary/aromatic N) is 1. The number of cyclic esters (lactones) is 1. The zero-order chi connectivity index (χ0) is 14.4. The van der Waals surface area contributed by atoms with Crippen LogP contribution >= 0.6 is 0 Å². The Labute approximate surface area is 118 Å². The summed E-state index contributed by atoms with van der Waals surface area (Å²) in [6, 6.07) is 9.48. The first-order chi connectivity index (χ1) is 9.65. The number of benzene rings is 1. The molecule has 20 heavy (non-hydrogen) atoms. The topological polar surface area (TPSA) is 70.7 Å². The van der Waals surface area contributed by atoms with E-state index in [1.54, 1.807) is 7.05 Å². The predicted octanol–water partition coefficient (Wildman–Crippen LogP) is 1.33. The predicted molar refractivity (Wildman–Crippen MR) is 74.2 cm³/mol. The van der Waals surface area contributed by atoms with E-state index in [4.69, 9.17) is 4.74 Å². The molecule has 3 amide bonds. The van der Waals surface area contributed by atoms with Crippen LogP contribution < -0.4 is 10.6 Å². The maximum Gasteiger partial charge on any atom is 0.409 e. The lowest BCUT2D eigenvalue weighted by atomic mass is 10.2. The van der Waals surface area contributed by atoms with Gasteiger partial charge in [0.15, 0.2) is 0 Å². The summed E-state index contributed by atoms with van der Waals surface area (Å²) < 4.78 is 5.10. The maximum atomic E-state index is 11.6. The molecule has 0 aliphatic carbocycles. The van der Waals surface area contributed by atoms with E-state index in [0.29, 0.717) is 26.1 Å². The third kappa shape index (κ3) is 4.15. The number of ether oxygens (including phenoxy) is 1. The molecule has 0 aromatic heterocycles. The van der Waals surface area contributed by atoms with E-state index in [0.717, 1.165) is 5.56 Å². The van der Waals surface area contributed by atoms with E-state index < -0.39 is 0 Å². The van der Waals surface area contributed by atoms with Crippen molar-refractivity contribution in [1.29, 1.82) is 0 Å². The van der Waals surface area contributed by atoms with Crippen LogP contribution in [-0.4, -0.2) is 43.3 Å². The molecule has 0 spiro atoms. The molecule has 1 heterocycles.